The summed E-state index contributed by atoms with van der Waals surface area (Å²) in [4.78, 5) is 3.80. The molecule has 87 heavy (non-hydrogen) atoms. The van der Waals surface area contributed by atoms with Crippen LogP contribution >= 0.6 is 0 Å². The van der Waals surface area contributed by atoms with E-state index in [0.29, 0.717) is 22.4 Å². The van der Waals surface area contributed by atoms with Gasteiger partial charge in [0, 0.05) is 87.7 Å². The van der Waals surface area contributed by atoms with Gasteiger partial charge in [0.25, 0.3) is 0 Å². The third kappa shape index (κ3) is 6.06. The van der Waals surface area contributed by atoms with E-state index in [0.717, 1.165) is 143 Å². The van der Waals surface area contributed by atoms with E-state index >= 15 is 0 Å². The average Bonchev–Trinajstić information content (AvgIpc) is 1.66. The third-order valence-electron chi connectivity index (χ3n) is 19.0. The van der Waals surface area contributed by atoms with Crippen molar-refractivity contribution in [1.29, 1.82) is 15.8 Å². The summed E-state index contributed by atoms with van der Waals surface area (Å²) in [5.41, 5.74) is 23.1. The first-order chi connectivity index (χ1) is 43.0. The second-order valence-corrected chi connectivity index (χ2v) is 23.1. The quantitative estimate of drug-likeness (QED) is 0.130. The van der Waals surface area contributed by atoms with Gasteiger partial charge < -0.3 is 18.3 Å². The fourth-order valence-electron chi connectivity index (χ4n) is 15.6. The van der Waals surface area contributed by atoms with Crippen molar-refractivity contribution in [3.8, 4) is 63.2 Å². The first-order valence-corrected chi connectivity index (χ1v) is 29.1. The summed E-state index contributed by atoms with van der Waals surface area (Å²) >= 11 is 0. The minimum atomic E-state index is -0.262. The van der Waals surface area contributed by atoms with E-state index in [1.807, 2.05) is 48.5 Å². The molecule has 0 saturated heterocycles. The first-order valence-electron chi connectivity index (χ1n) is 29.1. The molecular formula is C78H39BN8. The molecule has 2 aliphatic rings. The number of nitriles is 3. The van der Waals surface area contributed by atoms with Crippen LogP contribution in [-0.2, 0) is 0 Å². The van der Waals surface area contributed by atoms with Gasteiger partial charge in [0.15, 0.2) is 5.69 Å². The number of para-hydroxylation sites is 4. The van der Waals surface area contributed by atoms with Gasteiger partial charge in [0.2, 0.25) is 6.71 Å². The van der Waals surface area contributed by atoms with Crippen LogP contribution in [0.25, 0.3) is 159 Å². The van der Waals surface area contributed by atoms with Crippen molar-refractivity contribution in [1.82, 2.24) is 18.3 Å². The summed E-state index contributed by atoms with van der Waals surface area (Å²) < 4.78 is 9.67. The number of aromatic nitrogens is 4. The SMILES string of the molecule is [C-]#[N+]c1ccc(-n2c3ccccc3c3cc4c5c(c6c(cc5c32)c2ccccc2n6-c2ccc(C#N)cc2)-c2cccc3c2B4c2cc4c5ccccc5n(-c5ccc(C#N)cc5)c4c4cc5c6ccccc6n(-c6ccc(C#N)cc6)c5c-3c24)cc1. The fraction of sp³-hybridized carbons (Fsp3) is 0. The number of rotatable bonds is 4. The maximum Gasteiger partial charge on any atom is 0.244 e. The van der Waals surface area contributed by atoms with Crippen molar-refractivity contribution < 1.29 is 0 Å². The number of hydrogen-bond donors (Lipinski definition) is 0. The van der Waals surface area contributed by atoms with Crippen molar-refractivity contribution in [3.63, 3.8) is 0 Å². The zero-order valence-corrected chi connectivity index (χ0v) is 46.2. The van der Waals surface area contributed by atoms with Gasteiger partial charge in [0.1, 0.15) is 0 Å². The summed E-state index contributed by atoms with van der Waals surface area (Å²) in [6, 6.07) is 91.0. The topological polar surface area (TPSA) is 95.4 Å². The van der Waals surface area contributed by atoms with E-state index in [9.17, 15) is 15.8 Å². The van der Waals surface area contributed by atoms with Gasteiger partial charge in [-0.2, -0.15) is 15.8 Å². The molecule has 9 heteroatoms. The molecule has 0 bridgehead atoms. The molecule has 0 amide bonds. The lowest BCUT2D eigenvalue weighted by molar-refractivity contribution is 1.18. The zero-order valence-electron chi connectivity index (χ0n) is 46.2. The van der Waals surface area contributed by atoms with Crippen molar-refractivity contribution in [2.24, 2.45) is 0 Å². The Hall–Kier alpha value is -12.4. The van der Waals surface area contributed by atoms with Gasteiger partial charge in [-0.05, 0) is 143 Å². The second kappa shape index (κ2) is 17.1. The van der Waals surface area contributed by atoms with E-state index < -0.39 is 0 Å². The molecule has 19 rings (SSSR count). The maximum atomic E-state index is 10.1. The van der Waals surface area contributed by atoms with E-state index in [1.54, 1.807) is 0 Å². The number of nitrogens with zero attached hydrogens (tertiary/aromatic N) is 8. The summed E-state index contributed by atoms with van der Waals surface area (Å²) in [6.07, 6.45) is 0. The molecule has 6 heterocycles. The Balaban J connectivity index is 1.07. The summed E-state index contributed by atoms with van der Waals surface area (Å²) in [6.45, 7) is 7.65. The highest BCUT2D eigenvalue weighted by molar-refractivity contribution is 7.02. The van der Waals surface area contributed by atoms with E-state index in [4.69, 9.17) is 6.57 Å². The second-order valence-electron chi connectivity index (χ2n) is 23.1. The predicted molar refractivity (Wildman–Crippen MR) is 355 cm³/mol. The number of hydrogen-bond acceptors (Lipinski definition) is 3. The van der Waals surface area contributed by atoms with Gasteiger partial charge in [-0.25, -0.2) is 4.85 Å². The highest BCUT2D eigenvalue weighted by Crippen LogP contribution is 2.52. The molecule has 0 N–H and O–H groups in total. The highest BCUT2D eigenvalue weighted by atomic mass is 15.0. The van der Waals surface area contributed by atoms with Crippen LogP contribution in [0.1, 0.15) is 16.7 Å². The number of fused-ring (bicyclic) bond motifs is 20. The molecule has 13 aromatic carbocycles. The minimum Gasteiger partial charge on any atom is -0.309 e. The Kier molecular flexibility index (Phi) is 9.27. The van der Waals surface area contributed by atoms with Crippen molar-refractivity contribution in [3.05, 3.63) is 265 Å². The lowest BCUT2D eigenvalue weighted by Crippen LogP contribution is -2.57. The molecular weight excluding hydrogens is 1060 g/mol. The maximum absolute atomic E-state index is 10.1. The van der Waals surface area contributed by atoms with Crippen molar-refractivity contribution >= 4 is 138 Å². The third-order valence-corrected chi connectivity index (χ3v) is 19.0. The Morgan fingerprint density at radius 3 is 0.989 bits per heavy atom. The van der Waals surface area contributed by atoms with Crippen LogP contribution in [0.5, 0.6) is 0 Å². The molecule has 394 valence electrons. The molecule has 17 aromatic rings. The molecule has 0 saturated carbocycles. The van der Waals surface area contributed by atoms with Crippen LogP contribution in [-0.4, -0.2) is 25.0 Å². The molecule has 0 unspecified atom stereocenters. The molecule has 0 atom stereocenters. The normalized spacial score (nSPS) is 12.3. The average molecular weight is 1100 g/mol. The van der Waals surface area contributed by atoms with Crippen LogP contribution in [0.4, 0.5) is 5.69 Å². The first kappa shape index (κ1) is 47.1. The molecule has 0 spiro atoms. The fourth-order valence-corrected chi connectivity index (χ4v) is 15.6. The van der Waals surface area contributed by atoms with Crippen LogP contribution < -0.4 is 16.4 Å². The molecule has 0 aliphatic carbocycles. The molecule has 0 fully saturated rings. The van der Waals surface area contributed by atoms with Gasteiger partial charge in [-0.15, -0.1) is 0 Å². The Morgan fingerprint density at radius 1 is 0.322 bits per heavy atom. The molecule has 0 radical (unpaired) electrons. The van der Waals surface area contributed by atoms with Crippen LogP contribution in [0.15, 0.2) is 237 Å². The summed E-state index contributed by atoms with van der Waals surface area (Å²) in [5, 5.41) is 43.9. The van der Waals surface area contributed by atoms with Crippen LogP contribution in [0.2, 0.25) is 0 Å². The van der Waals surface area contributed by atoms with Gasteiger partial charge in [0.05, 0.1) is 85.6 Å². The standard InChI is InChI=1S/C78H39BN8/c1-83-47-27-35-51(36-28-47)85-67-18-7-5-14-55(67)61-40-65-71-63(76(61)85)38-59-53-12-3-9-20-69(53)87(50-33-25-46(43-82)26-34-50)78(59)73(71)57-16-10-15-56-72-70-62(37-58-52-11-2-8-19-68(52)86(77(58)72)49-31-23-45(42-81)24-32-49)75-60(39-64(70)79(65)74(56)57)54-13-4-6-17-66(54)84(75)48-29-21-44(41-80)22-30-48/h2-40H. The highest BCUT2D eigenvalue weighted by Gasteiger charge is 2.43. The van der Waals surface area contributed by atoms with Gasteiger partial charge in [-0.3, -0.25) is 0 Å². The predicted octanol–water partition coefficient (Wildman–Crippen LogP) is 17.0. The van der Waals surface area contributed by atoms with Gasteiger partial charge >= 0.3 is 0 Å². The van der Waals surface area contributed by atoms with E-state index in [1.165, 1.54) is 27.2 Å². The Labute approximate surface area is 496 Å². The van der Waals surface area contributed by atoms with Gasteiger partial charge in [-0.1, -0.05) is 132 Å². The molecule has 2 aliphatic heterocycles. The lowest BCUT2D eigenvalue weighted by Gasteiger charge is -2.35. The van der Waals surface area contributed by atoms with E-state index in [2.05, 4.69) is 229 Å². The largest absolute Gasteiger partial charge is 0.309 e. The zero-order chi connectivity index (χ0) is 57.5. The minimum absolute atomic E-state index is 0.262. The monoisotopic (exact) mass is 1100 g/mol. The Bertz CT molecular complexity index is 5830. The van der Waals surface area contributed by atoms with E-state index in [-0.39, 0.29) is 6.71 Å². The molecule has 4 aromatic heterocycles. The molecule has 8 nitrogen and oxygen atoms in total. The Morgan fingerprint density at radius 2 is 0.644 bits per heavy atom. The van der Waals surface area contributed by atoms with Crippen LogP contribution in [0, 0.1) is 40.6 Å². The lowest BCUT2D eigenvalue weighted by atomic mass is 9.31. The van der Waals surface area contributed by atoms with Crippen molar-refractivity contribution in [2.75, 3.05) is 0 Å². The van der Waals surface area contributed by atoms with Crippen LogP contribution in [0.3, 0.4) is 0 Å². The summed E-state index contributed by atoms with van der Waals surface area (Å²) in [5.74, 6) is 0. The number of benzene rings is 13. The smallest absolute Gasteiger partial charge is 0.244 e. The summed E-state index contributed by atoms with van der Waals surface area (Å²) in [7, 11) is 0. The van der Waals surface area contributed by atoms with Crippen molar-refractivity contribution in [2.45, 2.75) is 0 Å².